The first kappa shape index (κ1) is 14.9. The van der Waals surface area contributed by atoms with Crippen LogP contribution in [0.5, 0.6) is 0 Å². The standard InChI is InChI=1S/C17H24FNO2/c1-20-17(6-8-21-9-7-17)12-19-16-10-14(11-16)13-2-4-15(18)5-3-13/h2-5,14,16,19H,6-12H2,1H3. The summed E-state index contributed by atoms with van der Waals surface area (Å²) >= 11 is 0. The van der Waals surface area contributed by atoms with Crippen LogP contribution in [0.4, 0.5) is 4.39 Å². The van der Waals surface area contributed by atoms with E-state index in [1.807, 2.05) is 12.1 Å². The van der Waals surface area contributed by atoms with Gasteiger partial charge in [-0.15, -0.1) is 0 Å². The van der Waals surface area contributed by atoms with Gasteiger partial charge in [-0.1, -0.05) is 12.1 Å². The molecule has 1 heterocycles. The molecule has 116 valence electrons. The summed E-state index contributed by atoms with van der Waals surface area (Å²) in [7, 11) is 1.80. The highest BCUT2D eigenvalue weighted by Gasteiger charge is 2.36. The first-order valence-electron chi connectivity index (χ1n) is 7.82. The van der Waals surface area contributed by atoms with Crippen LogP contribution in [-0.2, 0) is 9.47 Å². The molecule has 0 atom stereocenters. The Labute approximate surface area is 125 Å². The Morgan fingerprint density at radius 2 is 1.90 bits per heavy atom. The average Bonchev–Trinajstić information content (AvgIpc) is 2.48. The second-order valence-electron chi connectivity index (χ2n) is 6.30. The molecule has 1 aliphatic heterocycles. The van der Waals surface area contributed by atoms with Crippen LogP contribution in [0.3, 0.4) is 0 Å². The molecule has 0 bridgehead atoms. The fourth-order valence-corrected chi connectivity index (χ4v) is 3.32. The van der Waals surface area contributed by atoms with E-state index in [1.165, 1.54) is 5.56 Å². The number of hydrogen-bond acceptors (Lipinski definition) is 3. The Morgan fingerprint density at radius 3 is 2.52 bits per heavy atom. The number of hydrogen-bond donors (Lipinski definition) is 1. The minimum absolute atomic E-state index is 0.0563. The van der Waals surface area contributed by atoms with Crippen LogP contribution in [0.2, 0.25) is 0 Å². The molecule has 1 saturated carbocycles. The molecule has 0 radical (unpaired) electrons. The van der Waals surface area contributed by atoms with E-state index < -0.39 is 0 Å². The molecule has 0 amide bonds. The number of nitrogens with one attached hydrogen (secondary N) is 1. The van der Waals surface area contributed by atoms with Crippen molar-refractivity contribution in [2.45, 2.75) is 43.2 Å². The van der Waals surface area contributed by atoms with E-state index >= 15 is 0 Å². The SMILES string of the molecule is COC1(CNC2CC(c3ccc(F)cc3)C2)CCOCC1. The Bertz CT molecular complexity index is 450. The van der Waals surface area contributed by atoms with Crippen molar-refractivity contribution in [3.05, 3.63) is 35.6 Å². The largest absolute Gasteiger partial charge is 0.381 e. The molecule has 1 aromatic rings. The van der Waals surface area contributed by atoms with E-state index in [9.17, 15) is 4.39 Å². The summed E-state index contributed by atoms with van der Waals surface area (Å²) in [6, 6.07) is 7.47. The van der Waals surface area contributed by atoms with Gasteiger partial charge in [0.2, 0.25) is 0 Å². The van der Waals surface area contributed by atoms with Crippen LogP contribution in [0.15, 0.2) is 24.3 Å². The lowest BCUT2D eigenvalue weighted by Crippen LogP contribution is -2.51. The molecule has 1 N–H and O–H groups in total. The molecule has 1 saturated heterocycles. The van der Waals surface area contributed by atoms with Gasteiger partial charge in [-0.05, 0) is 36.5 Å². The molecule has 21 heavy (non-hydrogen) atoms. The maximum Gasteiger partial charge on any atom is 0.123 e. The zero-order valence-electron chi connectivity index (χ0n) is 12.6. The normalized spacial score (nSPS) is 28.1. The summed E-state index contributed by atoms with van der Waals surface area (Å²) < 4.78 is 24.1. The fraction of sp³-hybridized carbons (Fsp3) is 0.647. The molecule has 2 aliphatic rings. The predicted molar refractivity (Wildman–Crippen MR) is 80.0 cm³/mol. The van der Waals surface area contributed by atoms with Gasteiger partial charge in [0.15, 0.2) is 0 Å². The molecule has 0 spiro atoms. The quantitative estimate of drug-likeness (QED) is 0.905. The van der Waals surface area contributed by atoms with Gasteiger partial charge in [0, 0.05) is 45.8 Å². The van der Waals surface area contributed by atoms with Crippen LogP contribution in [0.25, 0.3) is 0 Å². The smallest absolute Gasteiger partial charge is 0.123 e. The number of rotatable bonds is 5. The van der Waals surface area contributed by atoms with Crippen molar-refractivity contribution in [1.29, 1.82) is 0 Å². The minimum Gasteiger partial charge on any atom is -0.381 e. The third-order valence-electron chi connectivity index (χ3n) is 5.03. The lowest BCUT2D eigenvalue weighted by Gasteiger charge is -2.41. The van der Waals surface area contributed by atoms with Crippen molar-refractivity contribution in [2.75, 3.05) is 26.9 Å². The van der Waals surface area contributed by atoms with Crippen molar-refractivity contribution >= 4 is 0 Å². The van der Waals surface area contributed by atoms with E-state index in [-0.39, 0.29) is 11.4 Å². The van der Waals surface area contributed by atoms with Crippen molar-refractivity contribution < 1.29 is 13.9 Å². The third-order valence-corrected chi connectivity index (χ3v) is 5.03. The summed E-state index contributed by atoms with van der Waals surface area (Å²) in [6.45, 7) is 2.48. The van der Waals surface area contributed by atoms with Crippen molar-refractivity contribution in [2.24, 2.45) is 0 Å². The second-order valence-corrected chi connectivity index (χ2v) is 6.30. The number of methoxy groups -OCH3 is 1. The lowest BCUT2D eigenvalue weighted by molar-refractivity contribution is -0.0897. The van der Waals surface area contributed by atoms with E-state index in [0.29, 0.717) is 12.0 Å². The Balaban J connectivity index is 1.45. The van der Waals surface area contributed by atoms with Gasteiger partial charge >= 0.3 is 0 Å². The van der Waals surface area contributed by atoms with Gasteiger partial charge in [0.05, 0.1) is 5.60 Å². The van der Waals surface area contributed by atoms with Gasteiger partial charge in [-0.2, -0.15) is 0 Å². The van der Waals surface area contributed by atoms with E-state index in [2.05, 4.69) is 5.32 Å². The average molecular weight is 293 g/mol. The topological polar surface area (TPSA) is 30.5 Å². The molecule has 3 nitrogen and oxygen atoms in total. The summed E-state index contributed by atoms with van der Waals surface area (Å²) in [5.41, 5.74) is 1.20. The Kier molecular flexibility index (Phi) is 4.57. The Morgan fingerprint density at radius 1 is 1.24 bits per heavy atom. The van der Waals surface area contributed by atoms with Gasteiger partial charge in [0.25, 0.3) is 0 Å². The number of ether oxygens (including phenoxy) is 2. The maximum absolute atomic E-state index is 12.9. The van der Waals surface area contributed by atoms with Gasteiger partial charge < -0.3 is 14.8 Å². The van der Waals surface area contributed by atoms with Crippen LogP contribution in [0, 0.1) is 5.82 Å². The van der Waals surface area contributed by atoms with E-state index in [4.69, 9.17) is 9.47 Å². The van der Waals surface area contributed by atoms with Gasteiger partial charge in [-0.3, -0.25) is 0 Å². The minimum atomic E-state index is -0.158. The Hall–Kier alpha value is -0.970. The molecule has 1 aliphatic carbocycles. The zero-order chi connectivity index (χ0) is 14.7. The zero-order valence-corrected chi connectivity index (χ0v) is 12.6. The molecule has 3 rings (SSSR count). The third kappa shape index (κ3) is 3.44. The van der Waals surface area contributed by atoms with Crippen LogP contribution >= 0.6 is 0 Å². The molecular weight excluding hydrogens is 269 g/mol. The molecular formula is C17H24FNO2. The molecule has 2 fully saturated rings. The molecule has 0 aromatic heterocycles. The van der Waals surface area contributed by atoms with E-state index in [1.54, 1.807) is 19.2 Å². The summed E-state index contributed by atoms with van der Waals surface area (Å²) in [5, 5.41) is 3.64. The first-order valence-corrected chi connectivity index (χ1v) is 7.82. The highest BCUT2D eigenvalue weighted by molar-refractivity contribution is 5.23. The number of benzene rings is 1. The highest BCUT2D eigenvalue weighted by Crippen LogP contribution is 2.37. The first-order chi connectivity index (χ1) is 10.2. The predicted octanol–water partition coefficient (Wildman–Crippen LogP) is 2.86. The molecule has 4 heteroatoms. The van der Waals surface area contributed by atoms with Crippen LogP contribution in [-0.4, -0.2) is 38.5 Å². The number of halogens is 1. The van der Waals surface area contributed by atoms with Crippen molar-refractivity contribution in [3.63, 3.8) is 0 Å². The van der Waals surface area contributed by atoms with E-state index in [0.717, 1.165) is 45.4 Å². The fourth-order valence-electron chi connectivity index (χ4n) is 3.32. The monoisotopic (exact) mass is 293 g/mol. The van der Waals surface area contributed by atoms with Crippen molar-refractivity contribution in [3.8, 4) is 0 Å². The maximum atomic E-state index is 12.9. The summed E-state index contributed by atoms with van der Waals surface area (Å²) in [5.74, 6) is 0.408. The van der Waals surface area contributed by atoms with Crippen LogP contribution in [0.1, 0.15) is 37.2 Å². The second kappa shape index (κ2) is 6.42. The highest BCUT2D eigenvalue weighted by atomic mass is 19.1. The summed E-state index contributed by atoms with van der Waals surface area (Å²) in [6.07, 6.45) is 4.18. The lowest BCUT2D eigenvalue weighted by atomic mass is 9.75. The molecule has 1 aromatic carbocycles. The van der Waals surface area contributed by atoms with Crippen molar-refractivity contribution in [1.82, 2.24) is 5.32 Å². The van der Waals surface area contributed by atoms with Crippen LogP contribution < -0.4 is 5.32 Å². The molecule has 0 unspecified atom stereocenters. The summed E-state index contributed by atoms with van der Waals surface area (Å²) in [4.78, 5) is 0. The van der Waals surface area contributed by atoms with Gasteiger partial charge in [-0.25, -0.2) is 4.39 Å². The van der Waals surface area contributed by atoms with Gasteiger partial charge in [0.1, 0.15) is 5.82 Å².